The van der Waals surface area contributed by atoms with Crippen molar-refractivity contribution in [1.82, 2.24) is 14.8 Å². The van der Waals surface area contributed by atoms with Crippen molar-refractivity contribution in [1.29, 1.82) is 5.26 Å². The Bertz CT molecular complexity index is 1100. The fourth-order valence-electron chi connectivity index (χ4n) is 3.09. The van der Waals surface area contributed by atoms with Crippen LogP contribution >= 0.6 is 0 Å². The highest BCUT2D eigenvalue weighted by Gasteiger charge is 2.17. The Labute approximate surface area is 168 Å². The number of hydrogen-bond acceptors (Lipinski definition) is 6. The van der Waals surface area contributed by atoms with Crippen molar-refractivity contribution in [3.63, 3.8) is 0 Å². The molecule has 0 bridgehead atoms. The van der Waals surface area contributed by atoms with Crippen molar-refractivity contribution in [2.75, 3.05) is 12.3 Å². The number of nitrogens with two attached hydrogens (primary N) is 2. The molecule has 0 aliphatic heterocycles. The number of nitriles is 1. The van der Waals surface area contributed by atoms with Crippen molar-refractivity contribution in [3.05, 3.63) is 47.8 Å². The first-order chi connectivity index (χ1) is 13.9. The van der Waals surface area contributed by atoms with Crippen LogP contribution in [0.25, 0.3) is 22.4 Å². The number of primary amides is 1. The van der Waals surface area contributed by atoms with Crippen LogP contribution in [0, 0.1) is 18.3 Å². The van der Waals surface area contributed by atoms with E-state index in [1.165, 1.54) is 0 Å². The van der Waals surface area contributed by atoms with Crippen molar-refractivity contribution in [3.8, 4) is 34.2 Å². The molecular weight excluding hydrogens is 368 g/mol. The molecule has 8 heteroatoms. The summed E-state index contributed by atoms with van der Waals surface area (Å²) in [5, 5.41) is 14.0. The van der Waals surface area contributed by atoms with Gasteiger partial charge >= 0.3 is 0 Å². The first kappa shape index (κ1) is 19.9. The Hall–Kier alpha value is -3.86. The molecule has 0 spiro atoms. The third-order valence-electron chi connectivity index (χ3n) is 4.50. The van der Waals surface area contributed by atoms with Gasteiger partial charge in [0.15, 0.2) is 6.61 Å². The molecule has 29 heavy (non-hydrogen) atoms. The molecule has 4 N–H and O–H groups in total. The number of amides is 1. The normalized spacial score (nSPS) is 10.5. The van der Waals surface area contributed by atoms with Gasteiger partial charge in [-0.15, -0.1) is 0 Å². The molecule has 148 valence electrons. The van der Waals surface area contributed by atoms with E-state index in [-0.39, 0.29) is 18.0 Å². The first-order valence-corrected chi connectivity index (χ1v) is 9.19. The minimum absolute atomic E-state index is 0.145. The lowest BCUT2D eigenvalue weighted by molar-refractivity contribution is -0.119. The highest BCUT2D eigenvalue weighted by molar-refractivity contribution is 5.81. The average molecular weight is 390 g/mol. The zero-order valence-electron chi connectivity index (χ0n) is 16.3. The van der Waals surface area contributed by atoms with E-state index in [2.05, 4.69) is 23.1 Å². The highest BCUT2D eigenvalue weighted by atomic mass is 16.5. The summed E-state index contributed by atoms with van der Waals surface area (Å²) in [7, 11) is 0. The lowest BCUT2D eigenvalue weighted by atomic mass is 9.98. The maximum absolute atomic E-state index is 11.0. The Morgan fingerprint density at radius 2 is 2.10 bits per heavy atom. The van der Waals surface area contributed by atoms with Gasteiger partial charge < -0.3 is 16.2 Å². The van der Waals surface area contributed by atoms with E-state index in [0.717, 1.165) is 29.8 Å². The topological polar surface area (TPSA) is 133 Å². The zero-order chi connectivity index (χ0) is 21.0. The van der Waals surface area contributed by atoms with Crippen molar-refractivity contribution < 1.29 is 9.53 Å². The van der Waals surface area contributed by atoms with Gasteiger partial charge in [-0.1, -0.05) is 19.1 Å². The lowest BCUT2D eigenvalue weighted by Crippen LogP contribution is -2.19. The Balaban J connectivity index is 2.09. The number of nitrogens with zero attached hydrogens (tertiary/aromatic N) is 4. The number of nitrogen functional groups attached to an aromatic ring is 1. The van der Waals surface area contributed by atoms with E-state index in [0.29, 0.717) is 17.0 Å². The summed E-state index contributed by atoms with van der Waals surface area (Å²) in [6.45, 7) is 4.65. The molecule has 0 saturated heterocycles. The van der Waals surface area contributed by atoms with E-state index >= 15 is 0 Å². The second-order valence-electron chi connectivity index (χ2n) is 6.58. The minimum atomic E-state index is -0.567. The van der Waals surface area contributed by atoms with E-state index in [4.69, 9.17) is 16.2 Å². The summed E-state index contributed by atoms with van der Waals surface area (Å²) >= 11 is 0. The Kier molecular flexibility index (Phi) is 5.79. The molecule has 0 atom stereocenters. The number of carbonyl (C=O) groups excluding carboxylic acids is 1. The predicted molar refractivity (Wildman–Crippen MR) is 110 cm³/mol. The number of carbonyl (C=O) groups is 1. The van der Waals surface area contributed by atoms with Crippen LogP contribution < -0.4 is 16.2 Å². The molecule has 0 radical (unpaired) electrons. The fraction of sp³-hybridized carbons (Fsp3) is 0.238. The third kappa shape index (κ3) is 4.19. The smallest absolute Gasteiger partial charge is 0.255 e. The van der Waals surface area contributed by atoms with Gasteiger partial charge in [0, 0.05) is 23.4 Å². The SMILES string of the molecule is CCCn1ncc(-c2cc(-c3cccc(OCC(N)=O)c3)c(C#N)c(N)n2)c1C. The number of rotatable bonds is 7. The summed E-state index contributed by atoms with van der Waals surface area (Å²) in [5.74, 6) is 0.0447. The van der Waals surface area contributed by atoms with Crippen molar-refractivity contribution >= 4 is 11.7 Å². The summed E-state index contributed by atoms with van der Waals surface area (Å²) in [6, 6.07) is 11.0. The molecule has 2 aromatic heterocycles. The molecule has 8 nitrogen and oxygen atoms in total. The van der Waals surface area contributed by atoms with Crippen LogP contribution in [0.4, 0.5) is 5.82 Å². The van der Waals surface area contributed by atoms with E-state index in [9.17, 15) is 10.1 Å². The number of benzene rings is 1. The Morgan fingerprint density at radius 3 is 2.79 bits per heavy atom. The zero-order valence-corrected chi connectivity index (χ0v) is 16.3. The second kappa shape index (κ2) is 8.44. The highest BCUT2D eigenvalue weighted by Crippen LogP contribution is 2.33. The van der Waals surface area contributed by atoms with Crippen LogP contribution in [0.5, 0.6) is 5.75 Å². The maximum Gasteiger partial charge on any atom is 0.255 e. The largest absolute Gasteiger partial charge is 0.484 e. The van der Waals surface area contributed by atoms with Gasteiger partial charge in [-0.25, -0.2) is 4.98 Å². The first-order valence-electron chi connectivity index (χ1n) is 9.19. The molecule has 3 aromatic rings. The van der Waals surface area contributed by atoms with Gasteiger partial charge in [0.2, 0.25) is 0 Å². The van der Waals surface area contributed by atoms with Crippen LogP contribution in [0.15, 0.2) is 36.5 Å². The van der Waals surface area contributed by atoms with Crippen LogP contribution in [0.1, 0.15) is 24.6 Å². The minimum Gasteiger partial charge on any atom is -0.484 e. The van der Waals surface area contributed by atoms with E-state index in [1.807, 2.05) is 23.7 Å². The van der Waals surface area contributed by atoms with Gasteiger partial charge in [-0.2, -0.15) is 10.4 Å². The number of aromatic nitrogens is 3. The number of anilines is 1. The van der Waals surface area contributed by atoms with Gasteiger partial charge in [0.25, 0.3) is 5.91 Å². The van der Waals surface area contributed by atoms with Crippen LogP contribution in [0.2, 0.25) is 0 Å². The van der Waals surface area contributed by atoms with E-state index in [1.54, 1.807) is 24.4 Å². The molecule has 0 saturated carbocycles. The summed E-state index contributed by atoms with van der Waals surface area (Å²) in [5.41, 5.74) is 15.3. The van der Waals surface area contributed by atoms with Crippen LogP contribution in [0.3, 0.4) is 0 Å². The molecule has 0 unspecified atom stereocenters. The quantitative estimate of drug-likeness (QED) is 0.637. The summed E-state index contributed by atoms with van der Waals surface area (Å²) in [6.07, 6.45) is 2.73. The molecule has 1 aromatic carbocycles. The van der Waals surface area contributed by atoms with Gasteiger partial charge in [-0.3, -0.25) is 9.48 Å². The second-order valence-corrected chi connectivity index (χ2v) is 6.58. The number of hydrogen-bond donors (Lipinski definition) is 2. The third-order valence-corrected chi connectivity index (χ3v) is 4.50. The lowest BCUT2D eigenvalue weighted by Gasteiger charge is -2.12. The monoisotopic (exact) mass is 390 g/mol. The molecule has 0 aliphatic rings. The van der Waals surface area contributed by atoms with Gasteiger partial charge in [-0.05, 0) is 37.1 Å². The fourth-order valence-corrected chi connectivity index (χ4v) is 3.09. The molecule has 2 heterocycles. The molecular formula is C21H22N6O2. The predicted octanol–water partition coefficient (Wildman–Crippen LogP) is 2.65. The average Bonchev–Trinajstić information content (AvgIpc) is 3.06. The Morgan fingerprint density at radius 1 is 1.31 bits per heavy atom. The van der Waals surface area contributed by atoms with Crippen molar-refractivity contribution in [2.24, 2.45) is 5.73 Å². The molecule has 1 amide bonds. The number of aryl methyl sites for hydroxylation is 1. The summed E-state index contributed by atoms with van der Waals surface area (Å²) in [4.78, 5) is 15.4. The van der Waals surface area contributed by atoms with Crippen LogP contribution in [-0.2, 0) is 11.3 Å². The standard InChI is InChI=1S/C21H22N6O2/c1-3-7-27-13(2)18(11-25-27)19-9-16(17(10-22)21(24)26-19)14-5-4-6-15(8-14)29-12-20(23)28/h4-6,8-9,11H,3,7,12H2,1-2H3,(H2,23,28)(H2,24,26). The molecule has 0 fully saturated rings. The number of ether oxygens (including phenoxy) is 1. The van der Waals surface area contributed by atoms with Gasteiger partial charge in [0.1, 0.15) is 23.2 Å². The number of pyridine rings is 1. The van der Waals surface area contributed by atoms with E-state index < -0.39 is 5.91 Å². The maximum atomic E-state index is 11.0. The molecule has 3 rings (SSSR count). The van der Waals surface area contributed by atoms with Crippen molar-refractivity contribution in [2.45, 2.75) is 26.8 Å². The summed E-state index contributed by atoms with van der Waals surface area (Å²) < 4.78 is 7.30. The molecule has 0 aliphatic carbocycles. The van der Waals surface area contributed by atoms with Gasteiger partial charge in [0.05, 0.1) is 11.9 Å². The van der Waals surface area contributed by atoms with Crippen LogP contribution in [-0.4, -0.2) is 27.3 Å².